The third-order valence-corrected chi connectivity index (χ3v) is 6.16. The number of nitrogens with zero attached hydrogens (tertiary/aromatic N) is 3. The molecule has 1 aliphatic rings. The zero-order chi connectivity index (χ0) is 26.8. The van der Waals surface area contributed by atoms with Gasteiger partial charge in [0.05, 0.1) is 44.1 Å². The maximum Gasteiger partial charge on any atom is 0.334 e. The molecule has 2 N–H and O–H groups in total. The first-order valence-electron chi connectivity index (χ1n) is 11.1. The number of esters is 1. The molecule has 1 atom stereocenters. The van der Waals surface area contributed by atoms with Crippen molar-refractivity contribution in [1.82, 2.24) is 0 Å². The van der Waals surface area contributed by atoms with E-state index in [1.807, 2.05) is 27.7 Å². The fraction of sp³-hybridized carbons (Fsp3) is 0.417. The van der Waals surface area contributed by atoms with E-state index in [4.69, 9.17) is 9.47 Å². The summed E-state index contributed by atoms with van der Waals surface area (Å²) in [5, 5.41) is 12.4. The Morgan fingerprint density at radius 1 is 1.11 bits per heavy atom. The lowest BCUT2D eigenvalue weighted by molar-refractivity contribution is -0.141. The van der Waals surface area contributed by atoms with Crippen molar-refractivity contribution in [3.63, 3.8) is 0 Å². The number of hydrogen-bond acceptors (Lipinski definition) is 9. The highest BCUT2D eigenvalue weighted by Crippen LogP contribution is 2.39. The number of aryl methyl sites for hydroxylation is 1. The second-order valence-electron chi connectivity index (χ2n) is 9.51. The molecule has 0 aromatic heterocycles. The molecule has 1 amide bonds. The van der Waals surface area contributed by atoms with Crippen LogP contribution in [0.2, 0.25) is 0 Å². The quantitative estimate of drug-likeness (QED) is 0.535. The molecular formula is C24H31N5O6S. The van der Waals surface area contributed by atoms with Crippen LogP contribution < -0.4 is 19.8 Å². The molecule has 1 heterocycles. The third-order valence-electron chi connectivity index (χ3n) is 5.57. The van der Waals surface area contributed by atoms with Crippen molar-refractivity contribution >= 4 is 39.0 Å². The summed E-state index contributed by atoms with van der Waals surface area (Å²) < 4.78 is 36.6. The Balaban J connectivity index is 1.96. The Labute approximate surface area is 210 Å². The lowest BCUT2D eigenvalue weighted by atomic mass is 9.86. The van der Waals surface area contributed by atoms with Gasteiger partial charge in [0, 0.05) is 5.56 Å². The van der Waals surface area contributed by atoms with Crippen LogP contribution in [0.4, 0.5) is 17.1 Å². The molecule has 2 aromatic rings. The minimum absolute atomic E-state index is 0.184. The van der Waals surface area contributed by atoms with Gasteiger partial charge in [-0.15, -0.1) is 0 Å². The van der Waals surface area contributed by atoms with Gasteiger partial charge >= 0.3 is 5.97 Å². The third kappa shape index (κ3) is 6.11. The summed E-state index contributed by atoms with van der Waals surface area (Å²) in [6.07, 6.45) is 1.04. The molecule has 0 radical (unpaired) electrons. The molecule has 0 bridgehead atoms. The summed E-state index contributed by atoms with van der Waals surface area (Å²) in [7, 11) is -0.916. The molecule has 12 heteroatoms. The van der Waals surface area contributed by atoms with E-state index in [9.17, 15) is 18.0 Å². The fourth-order valence-corrected chi connectivity index (χ4v) is 4.19. The summed E-state index contributed by atoms with van der Waals surface area (Å²) in [4.78, 5) is 25.1. The van der Waals surface area contributed by atoms with Crippen molar-refractivity contribution in [1.29, 1.82) is 0 Å². The number of ether oxygens (including phenoxy) is 2. The molecule has 0 spiro atoms. The number of carbonyl (C=O) groups excluding carboxylic acids is 2. The highest BCUT2D eigenvalue weighted by atomic mass is 32.2. The average Bonchev–Trinajstić information content (AvgIpc) is 3.27. The summed E-state index contributed by atoms with van der Waals surface area (Å²) >= 11 is 0. The van der Waals surface area contributed by atoms with E-state index >= 15 is 0 Å². The Kier molecular flexibility index (Phi) is 7.58. The van der Waals surface area contributed by atoms with Gasteiger partial charge in [0.15, 0.2) is 11.8 Å². The van der Waals surface area contributed by atoms with Crippen LogP contribution in [0.25, 0.3) is 0 Å². The zero-order valence-electron chi connectivity index (χ0n) is 21.4. The second kappa shape index (κ2) is 10.1. The standard InChI is InChI=1S/C24H31N5O6S/c1-14-8-9-15(10-20(14)29-13-19(26-28-29)23(31)35-6)22(30)25-17-11-16(24(2,3)4)12-18(21(17)34-5)27-36(7,32)33/h8-12,19,27H,13H2,1-7H3,(H,25,30). The van der Waals surface area contributed by atoms with Crippen LogP contribution >= 0.6 is 0 Å². The van der Waals surface area contributed by atoms with Crippen LogP contribution in [0.5, 0.6) is 5.75 Å². The van der Waals surface area contributed by atoms with Gasteiger partial charge in [0.25, 0.3) is 5.91 Å². The molecule has 11 nitrogen and oxygen atoms in total. The van der Waals surface area contributed by atoms with Gasteiger partial charge in [-0.05, 0) is 47.7 Å². The number of anilines is 3. The van der Waals surface area contributed by atoms with E-state index in [1.165, 1.54) is 14.2 Å². The lowest BCUT2D eigenvalue weighted by Crippen LogP contribution is -2.28. The van der Waals surface area contributed by atoms with Crippen molar-refractivity contribution in [2.75, 3.05) is 42.1 Å². The van der Waals surface area contributed by atoms with Crippen LogP contribution in [0, 0.1) is 6.92 Å². The minimum atomic E-state index is -3.60. The van der Waals surface area contributed by atoms with E-state index in [-0.39, 0.29) is 23.4 Å². The number of methoxy groups -OCH3 is 2. The highest BCUT2D eigenvalue weighted by molar-refractivity contribution is 7.92. The van der Waals surface area contributed by atoms with Gasteiger partial charge in [-0.1, -0.05) is 32.1 Å². The molecular weight excluding hydrogens is 486 g/mol. The lowest BCUT2D eigenvalue weighted by Gasteiger charge is -2.24. The van der Waals surface area contributed by atoms with E-state index in [1.54, 1.807) is 35.3 Å². The summed E-state index contributed by atoms with van der Waals surface area (Å²) in [6.45, 7) is 7.98. The van der Waals surface area contributed by atoms with Crippen molar-refractivity contribution in [3.8, 4) is 5.75 Å². The molecule has 36 heavy (non-hydrogen) atoms. The first-order valence-corrected chi connectivity index (χ1v) is 13.0. The first kappa shape index (κ1) is 26.9. The molecule has 0 saturated carbocycles. The first-order chi connectivity index (χ1) is 16.7. The smallest absolute Gasteiger partial charge is 0.334 e. The largest absolute Gasteiger partial charge is 0.492 e. The number of rotatable bonds is 7. The zero-order valence-corrected chi connectivity index (χ0v) is 22.2. The van der Waals surface area contributed by atoms with Gasteiger partial charge in [-0.25, -0.2) is 18.2 Å². The Morgan fingerprint density at radius 3 is 2.36 bits per heavy atom. The number of benzene rings is 2. The van der Waals surface area contributed by atoms with Gasteiger partial charge in [0.1, 0.15) is 0 Å². The van der Waals surface area contributed by atoms with Crippen molar-refractivity contribution < 1.29 is 27.5 Å². The number of hydrogen-bond donors (Lipinski definition) is 2. The summed E-state index contributed by atoms with van der Waals surface area (Å²) in [5.74, 6) is -0.743. The maximum atomic E-state index is 13.3. The average molecular weight is 518 g/mol. The fourth-order valence-electron chi connectivity index (χ4n) is 3.64. The van der Waals surface area contributed by atoms with Gasteiger partial charge in [0.2, 0.25) is 10.0 Å². The molecule has 0 fully saturated rings. The topological polar surface area (TPSA) is 139 Å². The van der Waals surface area contributed by atoms with E-state index in [0.717, 1.165) is 17.4 Å². The van der Waals surface area contributed by atoms with Crippen molar-refractivity contribution in [2.24, 2.45) is 10.3 Å². The highest BCUT2D eigenvalue weighted by Gasteiger charge is 2.29. The number of amides is 1. The summed E-state index contributed by atoms with van der Waals surface area (Å²) in [6, 6.07) is 7.79. The van der Waals surface area contributed by atoms with Crippen LogP contribution in [0.15, 0.2) is 40.7 Å². The Bertz CT molecular complexity index is 1320. The molecule has 1 aliphatic heterocycles. The number of carbonyl (C=O) groups is 2. The van der Waals surface area contributed by atoms with Crippen molar-refractivity contribution in [3.05, 3.63) is 47.0 Å². The normalized spacial score (nSPS) is 15.5. The van der Waals surface area contributed by atoms with Crippen LogP contribution in [-0.4, -0.2) is 53.4 Å². The Hall–Kier alpha value is -3.67. The molecule has 3 rings (SSSR count). The maximum absolute atomic E-state index is 13.3. The minimum Gasteiger partial charge on any atom is -0.492 e. The van der Waals surface area contributed by atoms with Crippen LogP contribution in [0.1, 0.15) is 42.3 Å². The molecule has 194 valence electrons. The van der Waals surface area contributed by atoms with Gasteiger partial charge in [-0.3, -0.25) is 9.52 Å². The van der Waals surface area contributed by atoms with Crippen LogP contribution in [-0.2, 0) is 25.0 Å². The second-order valence-corrected chi connectivity index (χ2v) is 11.3. The van der Waals surface area contributed by atoms with E-state index in [2.05, 4.69) is 20.4 Å². The monoisotopic (exact) mass is 517 g/mol. The predicted molar refractivity (Wildman–Crippen MR) is 137 cm³/mol. The predicted octanol–water partition coefficient (Wildman–Crippen LogP) is 3.65. The number of nitrogens with one attached hydrogen (secondary N) is 2. The Morgan fingerprint density at radius 2 is 1.78 bits per heavy atom. The van der Waals surface area contributed by atoms with Crippen LogP contribution in [0.3, 0.4) is 0 Å². The SMILES string of the molecule is COC(=O)C1CN(c2cc(C(=O)Nc3cc(C(C)(C)C)cc(NS(C)(=O)=O)c3OC)ccc2C)N=N1. The molecule has 1 unspecified atom stereocenters. The van der Waals surface area contributed by atoms with Crippen molar-refractivity contribution in [2.45, 2.75) is 39.2 Å². The molecule has 0 saturated heterocycles. The van der Waals surface area contributed by atoms with E-state index in [0.29, 0.717) is 16.9 Å². The summed E-state index contributed by atoms with van der Waals surface area (Å²) in [5.41, 5.74) is 2.77. The number of sulfonamides is 1. The van der Waals surface area contributed by atoms with Gasteiger partial charge in [-0.2, -0.15) is 5.11 Å². The molecule has 0 aliphatic carbocycles. The van der Waals surface area contributed by atoms with Gasteiger partial charge < -0.3 is 14.8 Å². The van der Waals surface area contributed by atoms with E-state index < -0.39 is 27.9 Å². The molecule has 2 aromatic carbocycles.